The van der Waals surface area contributed by atoms with Gasteiger partial charge in [0.2, 0.25) is 5.89 Å². The maximum atomic E-state index is 5.53. The topological polar surface area (TPSA) is 72.2 Å². The van der Waals surface area contributed by atoms with Gasteiger partial charge in [0.1, 0.15) is 5.75 Å². The zero-order chi connectivity index (χ0) is 14.2. The van der Waals surface area contributed by atoms with Crippen LogP contribution in [0.25, 0.3) is 0 Å². The van der Waals surface area contributed by atoms with E-state index in [4.69, 9.17) is 9.15 Å². The number of para-hydroxylation sites is 2. The molecule has 1 aromatic heterocycles. The summed E-state index contributed by atoms with van der Waals surface area (Å²) in [6.45, 7) is 6.17. The van der Waals surface area contributed by atoms with Crippen LogP contribution in [0.3, 0.4) is 0 Å². The summed E-state index contributed by atoms with van der Waals surface area (Å²) in [6, 6.07) is 8.01. The number of anilines is 2. The number of ether oxygens (including phenoxy) is 1. The van der Waals surface area contributed by atoms with Gasteiger partial charge in [-0.15, -0.1) is 5.10 Å². The monoisotopic (exact) mass is 276 g/mol. The first-order valence-corrected chi connectivity index (χ1v) is 6.85. The van der Waals surface area contributed by atoms with Crippen molar-refractivity contribution < 1.29 is 9.15 Å². The molecular weight excluding hydrogens is 256 g/mol. The average Bonchev–Trinajstić information content (AvgIpc) is 2.89. The van der Waals surface area contributed by atoms with Crippen LogP contribution in [0.2, 0.25) is 0 Å². The zero-order valence-corrected chi connectivity index (χ0v) is 11.8. The first-order valence-electron chi connectivity index (χ1n) is 6.85. The average molecular weight is 276 g/mol. The van der Waals surface area contributed by atoms with E-state index in [-0.39, 0.29) is 0 Å². The van der Waals surface area contributed by atoms with E-state index in [0.717, 1.165) is 24.4 Å². The highest BCUT2D eigenvalue weighted by molar-refractivity contribution is 5.61. The predicted molar refractivity (Wildman–Crippen MR) is 77.2 cm³/mol. The highest BCUT2D eigenvalue weighted by atomic mass is 16.5. The second-order valence-electron chi connectivity index (χ2n) is 4.23. The Morgan fingerprint density at radius 3 is 2.85 bits per heavy atom. The molecule has 0 aliphatic carbocycles. The Kier molecular flexibility index (Phi) is 5.37. The molecule has 0 saturated heterocycles. The summed E-state index contributed by atoms with van der Waals surface area (Å²) in [6.07, 6.45) is 1.07. The van der Waals surface area contributed by atoms with E-state index < -0.39 is 0 Å². The maximum Gasteiger partial charge on any atom is 0.320 e. The summed E-state index contributed by atoms with van der Waals surface area (Å²) in [7, 11) is 0. The Balaban J connectivity index is 1.99. The zero-order valence-electron chi connectivity index (χ0n) is 11.8. The summed E-state index contributed by atoms with van der Waals surface area (Å²) < 4.78 is 11.0. The fourth-order valence-corrected chi connectivity index (χ4v) is 1.71. The molecule has 6 heteroatoms. The van der Waals surface area contributed by atoms with E-state index in [1.54, 1.807) is 0 Å². The molecule has 0 amide bonds. The second-order valence-corrected chi connectivity index (χ2v) is 4.23. The molecule has 0 aliphatic rings. The molecule has 0 spiro atoms. The minimum Gasteiger partial charge on any atom is -0.492 e. The summed E-state index contributed by atoms with van der Waals surface area (Å²) in [5, 5.41) is 14.2. The van der Waals surface area contributed by atoms with E-state index in [1.807, 2.05) is 31.2 Å². The molecule has 2 N–H and O–H groups in total. The third-order valence-corrected chi connectivity index (χ3v) is 2.60. The highest BCUT2D eigenvalue weighted by Crippen LogP contribution is 2.26. The van der Waals surface area contributed by atoms with Crippen LogP contribution in [0.4, 0.5) is 11.7 Å². The Labute approximate surface area is 118 Å². The first kappa shape index (κ1) is 14.3. The van der Waals surface area contributed by atoms with Gasteiger partial charge in [0.25, 0.3) is 0 Å². The molecule has 0 fully saturated rings. The third-order valence-electron chi connectivity index (χ3n) is 2.60. The van der Waals surface area contributed by atoms with Crippen LogP contribution in [-0.4, -0.2) is 23.3 Å². The maximum absolute atomic E-state index is 5.53. The molecule has 2 rings (SSSR count). The lowest BCUT2D eigenvalue weighted by Gasteiger charge is -2.09. The summed E-state index contributed by atoms with van der Waals surface area (Å²) in [4.78, 5) is 0. The van der Waals surface area contributed by atoms with E-state index >= 15 is 0 Å². The number of rotatable bonds is 8. The van der Waals surface area contributed by atoms with Crippen LogP contribution in [0, 0.1) is 0 Å². The van der Waals surface area contributed by atoms with Gasteiger partial charge < -0.3 is 19.8 Å². The largest absolute Gasteiger partial charge is 0.492 e. The lowest BCUT2D eigenvalue weighted by molar-refractivity contribution is 0.341. The van der Waals surface area contributed by atoms with E-state index in [0.29, 0.717) is 25.1 Å². The SMILES string of the molecule is CCCNCc1nnc(Nc2ccccc2OCC)o1. The van der Waals surface area contributed by atoms with Crippen molar-refractivity contribution in [2.24, 2.45) is 0 Å². The van der Waals surface area contributed by atoms with Gasteiger partial charge in [0.05, 0.1) is 18.8 Å². The minimum atomic E-state index is 0.366. The molecule has 2 aromatic rings. The van der Waals surface area contributed by atoms with Crippen molar-refractivity contribution in [3.63, 3.8) is 0 Å². The van der Waals surface area contributed by atoms with Gasteiger partial charge in [0.15, 0.2) is 0 Å². The quantitative estimate of drug-likeness (QED) is 0.722. The van der Waals surface area contributed by atoms with Crippen LogP contribution < -0.4 is 15.4 Å². The van der Waals surface area contributed by atoms with Crippen molar-refractivity contribution in [2.45, 2.75) is 26.8 Å². The molecule has 1 heterocycles. The molecule has 0 saturated carbocycles. The van der Waals surface area contributed by atoms with Crippen molar-refractivity contribution in [3.8, 4) is 5.75 Å². The molecule has 0 unspecified atom stereocenters. The van der Waals surface area contributed by atoms with Crippen molar-refractivity contribution in [1.82, 2.24) is 15.5 Å². The van der Waals surface area contributed by atoms with E-state index in [2.05, 4.69) is 27.8 Å². The first-order chi connectivity index (χ1) is 9.83. The van der Waals surface area contributed by atoms with Gasteiger partial charge in [-0.1, -0.05) is 24.2 Å². The lowest BCUT2D eigenvalue weighted by atomic mass is 10.3. The van der Waals surface area contributed by atoms with Crippen LogP contribution in [-0.2, 0) is 6.54 Å². The van der Waals surface area contributed by atoms with Crippen LogP contribution in [0.1, 0.15) is 26.2 Å². The number of hydrogen-bond acceptors (Lipinski definition) is 6. The van der Waals surface area contributed by atoms with Gasteiger partial charge in [-0.3, -0.25) is 0 Å². The van der Waals surface area contributed by atoms with Gasteiger partial charge in [-0.2, -0.15) is 0 Å². The second kappa shape index (κ2) is 7.49. The van der Waals surface area contributed by atoms with Gasteiger partial charge in [-0.05, 0) is 32.0 Å². The summed E-state index contributed by atoms with van der Waals surface area (Å²) in [5.41, 5.74) is 0.811. The smallest absolute Gasteiger partial charge is 0.320 e. The Morgan fingerprint density at radius 2 is 2.05 bits per heavy atom. The molecule has 0 aliphatic heterocycles. The van der Waals surface area contributed by atoms with E-state index in [9.17, 15) is 0 Å². The third kappa shape index (κ3) is 3.96. The number of hydrogen-bond donors (Lipinski definition) is 2. The van der Waals surface area contributed by atoms with Crippen molar-refractivity contribution in [2.75, 3.05) is 18.5 Å². The number of aromatic nitrogens is 2. The number of benzene rings is 1. The predicted octanol–water partition coefficient (Wildman–Crippen LogP) is 2.71. The van der Waals surface area contributed by atoms with E-state index in [1.165, 1.54) is 0 Å². The molecule has 20 heavy (non-hydrogen) atoms. The Bertz CT molecular complexity index is 527. The molecule has 0 bridgehead atoms. The fraction of sp³-hybridized carbons (Fsp3) is 0.429. The van der Waals surface area contributed by atoms with Gasteiger partial charge >= 0.3 is 6.01 Å². The summed E-state index contributed by atoms with van der Waals surface area (Å²) in [5.74, 6) is 1.33. The molecule has 6 nitrogen and oxygen atoms in total. The lowest BCUT2D eigenvalue weighted by Crippen LogP contribution is -2.13. The molecule has 108 valence electrons. The normalized spacial score (nSPS) is 10.5. The van der Waals surface area contributed by atoms with Crippen LogP contribution >= 0.6 is 0 Å². The van der Waals surface area contributed by atoms with Crippen molar-refractivity contribution in [3.05, 3.63) is 30.2 Å². The van der Waals surface area contributed by atoms with Crippen molar-refractivity contribution in [1.29, 1.82) is 0 Å². The molecule has 0 atom stereocenters. The van der Waals surface area contributed by atoms with Crippen LogP contribution in [0.5, 0.6) is 5.75 Å². The Hall–Kier alpha value is -2.08. The van der Waals surface area contributed by atoms with Crippen molar-refractivity contribution >= 4 is 11.7 Å². The van der Waals surface area contributed by atoms with Gasteiger partial charge in [-0.25, -0.2) is 0 Å². The Morgan fingerprint density at radius 1 is 1.20 bits per heavy atom. The van der Waals surface area contributed by atoms with Gasteiger partial charge in [0, 0.05) is 0 Å². The standard InChI is InChI=1S/C14H20N4O2/c1-3-9-15-10-13-17-18-14(20-13)16-11-7-5-6-8-12(11)19-4-2/h5-8,15H,3-4,9-10H2,1-2H3,(H,16,18). The summed E-state index contributed by atoms with van der Waals surface area (Å²) >= 11 is 0. The minimum absolute atomic E-state index is 0.366. The molecular formula is C14H20N4O2. The number of nitrogens with zero attached hydrogens (tertiary/aromatic N) is 2. The fourth-order valence-electron chi connectivity index (χ4n) is 1.71. The highest BCUT2D eigenvalue weighted by Gasteiger charge is 2.08. The number of nitrogens with one attached hydrogen (secondary N) is 2. The van der Waals surface area contributed by atoms with Crippen LogP contribution in [0.15, 0.2) is 28.7 Å². The molecule has 1 aromatic carbocycles. The molecule has 0 radical (unpaired) electrons.